The van der Waals surface area contributed by atoms with Gasteiger partial charge in [-0.2, -0.15) is 0 Å². The summed E-state index contributed by atoms with van der Waals surface area (Å²) in [7, 11) is 7.72. The zero-order valence-electron chi connectivity index (χ0n) is 30.6. The van der Waals surface area contributed by atoms with Crippen molar-refractivity contribution in [3.63, 3.8) is 0 Å². The second-order valence-electron chi connectivity index (χ2n) is 16.2. The molecule has 0 amide bonds. The summed E-state index contributed by atoms with van der Waals surface area (Å²) in [5.41, 5.74) is 11.5. The first-order valence-corrected chi connectivity index (χ1v) is 26.4. The molecule has 0 unspecified atom stereocenters. The van der Waals surface area contributed by atoms with Gasteiger partial charge in [0.2, 0.25) is 0 Å². The third kappa shape index (κ3) is 7.64. The topological polar surface area (TPSA) is 0 Å². The van der Waals surface area contributed by atoms with Gasteiger partial charge in [0, 0.05) is 23.7 Å². The van der Waals surface area contributed by atoms with Crippen molar-refractivity contribution in [3.8, 4) is 0 Å². The third-order valence-electron chi connectivity index (χ3n) is 10.1. The molecule has 0 saturated heterocycles. The first kappa shape index (κ1) is 38.3. The Balaban J connectivity index is 0.00000145. The first-order valence-electron chi connectivity index (χ1n) is 17.1. The predicted octanol–water partition coefficient (Wildman–Crippen LogP) is 12.8. The molecule has 4 aliphatic rings. The van der Waals surface area contributed by atoms with E-state index in [0.717, 1.165) is 0 Å². The zero-order valence-corrected chi connectivity index (χ0v) is 35.5. The van der Waals surface area contributed by atoms with Gasteiger partial charge in [-0.05, 0) is 85.9 Å². The van der Waals surface area contributed by atoms with Gasteiger partial charge in [-0.25, -0.2) is 0 Å². The number of hydrogen-bond donors (Lipinski definition) is 0. The summed E-state index contributed by atoms with van der Waals surface area (Å²) in [5.74, 6) is 9.05. The Labute approximate surface area is 313 Å². The van der Waals surface area contributed by atoms with Crippen molar-refractivity contribution in [1.82, 2.24) is 0 Å². The van der Waals surface area contributed by atoms with Gasteiger partial charge in [0.05, 0.1) is 8.07 Å². The zero-order chi connectivity index (χ0) is 35.2. The van der Waals surface area contributed by atoms with Gasteiger partial charge < -0.3 is 0 Å². The Morgan fingerprint density at radius 2 is 1.00 bits per heavy atom. The van der Waals surface area contributed by atoms with Gasteiger partial charge in [0.1, 0.15) is 0 Å². The summed E-state index contributed by atoms with van der Waals surface area (Å²) in [4.78, 5) is 0. The Hall–Kier alpha value is -0.920. The van der Waals surface area contributed by atoms with Crippen molar-refractivity contribution in [2.24, 2.45) is 5.92 Å². The van der Waals surface area contributed by atoms with Crippen molar-refractivity contribution in [1.29, 1.82) is 0 Å². The van der Waals surface area contributed by atoms with Crippen molar-refractivity contribution < 1.29 is 20.8 Å². The van der Waals surface area contributed by atoms with E-state index in [1.165, 1.54) is 68.9 Å². The summed E-state index contributed by atoms with van der Waals surface area (Å²) in [6.07, 6.45) is 18.9. The molecule has 0 bridgehead atoms. The monoisotopic (exact) mass is 766 g/mol. The van der Waals surface area contributed by atoms with E-state index in [2.05, 4.69) is 173 Å². The van der Waals surface area contributed by atoms with Crippen LogP contribution in [0.15, 0.2) is 85.0 Å². The van der Waals surface area contributed by atoms with Crippen LogP contribution in [0.25, 0.3) is 11.1 Å². The van der Waals surface area contributed by atoms with Crippen LogP contribution in [0.4, 0.5) is 0 Å². The third-order valence-corrected chi connectivity index (χ3v) is 13.8. The van der Waals surface area contributed by atoms with Gasteiger partial charge in [0.25, 0.3) is 0 Å². The fraction of sp³-hybridized carbons (Fsp3) is 0.318. The van der Waals surface area contributed by atoms with Crippen molar-refractivity contribution in [3.05, 3.63) is 167 Å². The second kappa shape index (κ2) is 15.0. The molecule has 0 N–H and O–H groups in total. The number of allylic oxidation sites excluding steroid dienone is 8. The van der Waals surface area contributed by atoms with Crippen LogP contribution in [0.3, 0.4) is 0 Å². The molecule has 0 nitrogen and oxygen atoms in total. The Bertz CT molecular complexity index is 1530. The molecular formula is C44H50Cl2SiZr+2. The van der Waals surface area contributed by atoms with E-state index >= 15 is 0 Å². The average molecular weight is 769 g/mol. The van der Waals surface area contributed by atoms with Crippen LogP contribution in [0.5, 0.6) is 0 Å². The Morgan fingerprint density at radius 3 is 1.40 bits per heavy atom. The minimum atomic E-state index is -2.15. The molecule has 10 radical (unpaired) electrons. The number of hydrogen-bond acceptors (Lipinski definition) is 0. The Morgan fingerprint density at radius 1 is 0.604 bits per heavy atom. The maximum absolute atomic E-state index is 4.93. The molecule has 2 fully saturated rings. The summed E-state index contributed by atoms with van der Waals surface area (Å²) in [6.45, 7) is 26.0. The van der Waals surface area contributed by atoms with Crippen LogP contribution in [0.2, 0.25) is 13.1 Å². The number of fused-ring (bicyclic) bond motifs is 2. The van der Waals surface area contributed by atoms with E-state index in [0.29, 0.717) is 5.92 Å². The summed E-state index contributed by atoms with van der Waals surface area (Å²) in [6, 6.07) is 18.5. The predicted molar refractivity (Wildman–Crippen MR) is 209 cm³/mol. The van der Waals surface area contributed by atoms with Crippen LogP contribution in [0, 0.1) is 65.3 Å². The molecule has 48 heavy (non-hydrogen) atoms. The standard InChI is InChI=1S/C44H50Si.2ClH.Zr/c1-28(2)38-27-40-35(31-20-24-33(25-21-31)44(7,8)9)15-13-17-37(40)42(38)45(10,11)41-29(3)26-39-34(14-12-16-36(39)41)30-18-22-32(23-19-30)43(4,5)6;;;/h12-28H,1-11H3;2*1H;/q;;;+4/p-2. The molecule has 0 atom stereocenters. The molecule has 6 rings (SSSR count). The molecule has 0 aliphatic heterocycles. The molecule has 4 heteroatoms. The summed E-state index contributed by atoms with van der Waals surface area (Å²) in [5, 5.41) is 0. The van der Waals surface area contributed by atoms with E-state index in [9.17, 15) is 0 Å². The average Bonchev–Trinajstić information content (AvgIpc) is 3.59. The number of rotatable bonds is 5. The van der Waals surface area contributed by atoms with Gasteiger partial charge in [-0.15, -0.1) is 0 Å². The van der Waals surface area contributed by atoms with E-state index < -0.39 is 28.9 Å². The molecule has 0 spiro atoms. The van der Waals surface area contributed by atoms with E-state index in [1.54, 1.807) is 11.1 Å². The van der Waals surface area contributed by atoms with Gasteiger partial charge in [0.15, 0.2) is 0 Å². The fourth-order valence-corrected chi connectivity index (χ4v) is 11.8. The van der Waals surface area contributed by atoms with E-state index in [1.807, 2.05) is 0 Å². The number of halogens is 2. The summed E-state index contributed by atoms with van der Waals surface area (Å²) >= 11 is -0.826. The van der Waals surface area contributed by atoms with Gasteiger partial charge >= 0.3 is 37.9 Å². The molecule has 0 aromatic heterocycles. The molecule has 0 heterocycles. The van der Waals surface area contributed by atoms with Gasteiger partial charge in [-0.3, -0.25) is 0 Å². The maximum atomic E-state index is 4.93. The van der Waals surface area contributed by atoms with Crippen LogP contribution in [-0.2, 0) is 31.7 Å². The Kier molecular flexibility index (Phi) is 12.0. The molecule has 2 aromatic carbocycles. The minimum absolute atomic E-state index is 0.147. The van der Waals surface area contributed by atoms with Crippen LogP contribution >= 0.6 is 17.0 Å². The molecule has 4 aliphatic carbocycles. The van der Waals surface area contributed by atoms with Crippen molar-refractivity contribution >= 4 is 36.2 Å². The molecule has 2 aromatic rings. The van der Waals surface area contributed by atoms with Crippen molar-refractivity contribution in [2.45, 2.75) is 86.2 Å². The van der Waals surface area contributed by atoms with Crippen molar-refractivity contribution in [2.75, 3.05) is 0 Å². The summed E-state index contributed by atoms with van der Waals surface area (Å²) < 4.78 is 0. The quantitative estimate of drug-likeness (QED) is 0.266. The van der Waals surface area contributed by atoms with Crippen LogP contribution < -0.4 is 0 Å². The number of benzene rings is 2. The molecule has 2 saturated carbocycles. The SMILES string of the molecule is C[C]1[CH][C]2[C](C=CC=C2c2ccc(C(C)(C)C)cc2)[C]1[Si](C)(C)[C]1[C]2C=CC=C(c3ccc(C(C)(C)C)cc3)[C]2[CH][C]1C(C)C.[Cl][Zr+2][Cl]. The molecule has 246 valence electrons. The normalized spacial score (nSPS) is 20.8. The van der Waals surface area contributed by atoms with Gasteiger partial charge in [-0.1, -0.05) is 160 Å². The van der Waals surface area contributed by atoms with Crippen LogP contribution in [-0.4, -0.2) is 8.07 Å². The first-order chi connectivity index (χ1) is 22.5. The molecular weight excluding hydrogens is 719 g/mol. The fourth-order valence-electron chi connectivity index (χ4n) is 7.67. The second-order valence-corrected chi connectivity index (χ2v) is 24.2. The van der Waals surface area contributed by atoms with Crippen LogP contribution in [0.1, 0.15) is 84.6 Å². The van der Waals surface area contributed by atoms with E-state index in [4.69, 9.17) is 17.0 Å². The van der Waals surface area contributed by atoms with E-state index in [-0.39, 0.29) is 10.8 Å².